The van der Waals surface area contributed by atoms with Crippen LogP contribution in [0.4, 0.5) is 0 Å². The van der Waals surface area contributed by atoms with Crippen molar-refractivity contribution in [3.63, 3.8) is 0 Å². The van der Waals surface area contributed by atoms with E-state index in [9.17, 15) is 0 Å². The van der Waals surface area contributed by atoms with Gasteiger partial charge in [-0.25, -0.2) is 0 Å². The number of aromatic nitrogens is 5. The number of likely N-dealkylation sites (tertiary alicyclic amines) is 1. The third-order valence-corrected chi connectivity index (χ3v) is 4.85. The summed E-state index contributed by atoms with van der Waals surface area (Å²) in [5.41, 5.74) is 0.908. The number of hydrogen-bond acceptors (Lipinski definition) is 7. The Bertz CT molecular complexity index is 836. The van der Waals surface area contributed by atoms with E-state index < -0.39 is 0 Å². The summed E-state index contributed by atoms with van der Waals surface area (Å²) in [6, 6.07) is 5.99. The molecule has 1 atom stereocenters. The lowest BCUT2D eigenvalue weighted by Gasteiger charge is -2.29. The highest BCUT2D eigenvalue weighted by Crippen LogP contribution is 2.27. The fourth-order valence-electron chi connectivity index (χ4n) is 3.28. The van der Waals surface area contributed by atoms with Crippen molar-refractivity contribution >= 4 is 5.65 Å². The molecule has 1 aliphatic heterocycles. The third kappa shape index (κ3) is 3.27. The topological polar surface area (TPSA) is 81.6 Å². The Labute approximate surface area is 145 Å². The van der Waals surface area contributed by atoms with Crippen molar-refractivity contribution in [1.29, 1.82) is 0 Å². The largest absolute Gasteiger partial charge is 0.374 e. The molecule has 4 rings (SSSR count). The normalized spacial score (nSPS) is 18.0. The highest BCUT2D eigenvalue weighted by molar-refractivity contribution is 5.37. The number of methoxy groups -OCH3 is 1. The van der Waals surface area contributed by atoms with E-state index in [-0.39, 0.29) is 6.10 Å². The molecule has 8 heteroatoms. The quantitative estimate of drug-likeness (QED) is 0.703. The number of fused-ring (bicyclic) bond motifs is 1. The van der Waals surface area contributed by atoms with E-state index in [1.54, 1.807) is 7.11 Å². The maximum Gasteiger partial charge on any atom is 0.240 e. The van der Waals surface area contributed by atoms with Crippen LogP contribution in [-0.4, -0.2) is 49.8 Å². The number of nitrogens with zero attached hydrogens (tertiary/aromatic N) is 6. The zero-order valence-electron chi connectivity index (χ0n) is 14.5. The molecule has 3 aromatic heterocycles. The van der Waals surface area contributed by atoms with Crippen LogP contribution in [0.25, 0.3) is 5.65 Å². The first kappa shape index (κ1) is 16.2. The van der Waals surface area contributed by atoms with Crippen molar-refractivity contribution < 1.29 is 9.26 Å². The van der Waals surface area contributed by atoms with Crippen LogP contribution in [0.5, 0.6) is 0 Å². The summed E-state index contributed by atoms with van der Waals surface area (Å²) in [6.45, 7) is 4.54. The van der Waals surface area contributed by atoms with Gasteiger partial charge in [0.2, 0.25) is 5.89 Å². The van der Waals surface area contributed by atoms with Crippen LogP contribution in [0.3, 0.4) is 0 Å². The molecule has 1 saturated heterocycles. The average Bonchev–Trinajstić information content (AvgIpc) is 3.29. The molecule has 0 spiro atoms. The molecule has 0 aromatic carbocycles. The van der Waals surface area contributed by atoms with E-state index >= 15 is 0 Å². The van der Waals surface area contributed by atoms with Crippen molar-refractivity contribution in [1.82, 2.24) is 29.6 Å². The van der Waals surface area contributed by atoms with Crippen molar-refractivity contribution in [2.24, 2.45) is 0 Å². The Hall–Kier alpha value is -2.32. The summed E-state index contributed by atoms with van der Waals surface area (Å²) in [7, 11) is 1.64. The lowest BCUT2D eigenvalue weighted by Crippen LogP contribution is -2.33. The Balaban J connectivity index is 1.37. The molecule has 0 bridgehead atoms. The van der Waals surface area contributed by atoms with Crippen molar-refractivity contribution in [2.45, 2.75) is 38.3 Å². The number of ether oxygens (including phenoxy) is 1. The first-order valence-electron chi connectivity index (χ1n) is 8.62. The zero-order valence-corrected chi connectivity index (χ0v) is 14.5. The average molecular weight is 342 g/mol. The second-order valence-corrected chi connectivity index (χ2v) is 6.46. The monoisotopic (exact) mass is 342 g/mol. The van der Waals surface area contributed by atoms with Crippen LogP contribution in [0, 0.1) is 0 Å². The summed E-state index contributed by atoms with van der Waals surface area (Å²) >= 11 is 0. The Morgan fingerprint density at radius 3 is 2.92 bits per heavy atom. The molecule has 1 aliphatic rings. The van der Waals surface area contributed by atoms with Gasteiger partial charge in [0.1, 0.15) is 11.9 Å². The predicted octanol–water partition coefficient (Wildman–Crippen LogP) is 2.20. The van der Waals surface area contributed by atoms with Crippen LogP contribution in [-0.2, 0) is 11.3 Å². The molecular weight excluding hydrogens is 320 g/mol. The second-order valence-electron chi connectivity index (χ2n) is 6.46. The second kappa shape index (κ2) is 6.89. The fraction of sp³-hybridized carbons (Fsp3) is 0.529. The van der Waals surface area contributed by atoms with Gasteiger partial charge in [-0.05, 0) is 45.0 Å². The first-order valence-corrected chi connectivity index (χ1v) is 8.62. The summed E-state index contributed by atoms with van der Waals surface area (Å²) in [4.78, 5) is 6.76. The summed E-state index contributed by atoms with van der Waals surface area (Å²) < 4.78 is 12.6. The lowest BCUT2D eigenvalue weighted by molar-refractivity contribution is 0.109. The third-order valence-electron chi connectivity index (χ3n) is 4.85. The van der Waals surface area contributed by atoms with Gasteiger partial charge in [0, 0.05) is 19.2 Å². The van der Waals surface area contributed by atoms with Gasteiger partial charge in [-0.2, -0.15) is 4.98 Å². The Morgan fingerprint density at radius 1 is 1.28 bits per heavy atom. The maximum atomic E-state index is 5.34. The fourth-order valence-corrected chi connectivity index (χ4v) is 3.28. The smallest absolute Gasteiger partial charge is 0.240 e. The molecular formula is C17H22N6O2. The summed E-state index contributed by atoms with van der Waals surface area (Å²) in [5, 5.41) is 12.6. The van der Waals surface area contributed by atoms with Gasteiger partial charge in [0.25, 0.3) is 0 Å². The minimum absolute atomic E-state index is 0.149. The molecule has 1 fully saturated rings. The Kier molecular flexibility index (Phi) is 4.46. The maximum absolute atomic E-state index is 5.34. The van der Waals surface area contributed by atoms with Crippen LogP contribution in [0.2, 0.25) is 0 Å². The van der Waals surface area contributed by atoms with E-state index in [0.29, 0.717) is 24.2 Å². The van der Waals surface area contributed by atoms with E-state index in [1.165, 1.54) is 0 Å². The van der Waals surface area contributed by atoms with Gasteiger partial charge in [-0.3, -0.25) is 9.30 Å². The van der Waals surface area contributed by atoms with Gasteiger partial charge >= 0.3 is 0 Å². The SMILES string of the molecule is COC(C)c1noc(CN2CCC(c3nnc4ccccn34)CC2)n1. The molecule has 1 unspecified atom stereocenters. The van der Waals surface area contributed by atoms with E-state index in [2.05, 4.69) is 29.6 Å². The molecule has 3 aromatic rings. The van der Waals surface area contributed by atoms with Crippen molar-refractivity contribution in [3.8, 4) is 0 Å². The first-order chi connectivity index (χ1) is 12.2. The molecule has 25 heavy (non-hydrogen) atoms. The van der Waals surface area contributed by atoms with Crippen LogP contribution >= 0.6 is 0 Å². The van der Waals surface area contributed by atoms with E-state index in [0.717, 1.165) is 37.4 Å². The molecule has 8 nitrogen and oxygen atoms in total. The summed E-state index contributed by atoms with van der Waals surface area (Å²) in [5.74, 6) is 2.73. The van der Waals surface area contributed by atoms with E-state index in [4.69, 9.17) is 9.26 Å². The summed E-state index contributed by atoms with van der Waals surface area (Å²) in [6.07, 6.45) is 3.98. The molecule has 4 heterocycles. The van der Waals surface area contributed by atoms with Gasteiger partial charge in [-0.15, -0.1) is 10.2 Å². The van der Waals surface area contributed by atoms with Crippen LogP contribution in [0.1, 0.15) is 49.3 Å². The molecule has 0 amide bonds. The molecule has 0 N–H and O–H groups in total. The molecule has 0 saturated carbocycles. The highest BCUT2D eigenvalue weighted by atomic mass is 16.5. The predicted molar refractivity (Wildman–Crippen MR) is 90.0 cm³/mol. The minimum atomic E-state index is -0.149. The zero-order chi connectivity index (χ0) is 17.2. The van der Waals surface area contributed by atoms with Crippen LogP contribution < -0.4 is 0 Å². The van der Waals surface area contributed by atoms with Gasteiger partial charge in [-0.1, -0.05) is 11.2 Å². The molecule has 132 valence electrons. The van der Waals surface area contributed by atoms with Gasteiger partial charge < -0.3 is 9.26 Å². The van der Waals surface area contributed by atoms with Crippen molar-refractivity contribution in [3.05, 3.63) is 41.9 Å². The van der Waals surface area contributed by atoms with E-state index in [1.807, 2.05) is 31.3 Å². The minimum Gasteiger partial charge on any atom is -0.374 e. The van der Waals surface area contributed by atoms with Crippen LogP contribution in [0.15, 0.2) is 28.9 Å². The van der Waals surface area contributed by atoms with Gasteiger partial charge in [0.15, 0.2) is 11.5 Å². The highest BCUT2D eigenvalue weighted by Gasteiger charge is 2.25. The number of rotatable bonds is 5. The standard InChI is InChI=1S/C17H22N6O2/c1-12(24-2)16-18-15(25-21-16)11-22-9-6-13(7-10-22)17-20-19-14-5-3-4-8-23(14)17/h3-5,8,12-13H,6-7,9-11H2,1-2H3. The van der Waals surface area contributed by atoms with Gasteiger partial charge in [0.05, 0.1) is 6.54 Å². The molecule has 0 radical (unpaired) electrons. The number of hydrogen-bond donors (Lipinski definition) is 0. The van der Waals surface area contributed by atoms with Crippen molar-refractivity contribution in [2.75, 3.05) is 20.2 Å². The number of pyridine rings is 1. The number of piperidine rings is 1. The molecule has 0 aliphatic carbocycles. The lowest BCUT2D eigenvalue weighted by atomic mass is 9.96. The Morgan fingerprint density at radius 2 is 2.12 bits per heavy atom.